The molecule has 1 aromatic heterocycles. The first-order valence-electron chi connectivity index (χ1n) is 9.64. The number of aromatic nitrogens is 1. The van der Waals surface area contributed by atoms with E-state index in [1.165, 1.54) is 20.8 Å². The highest BCUT2D eigenvalue weighted by Gasteiger charge is 2.47. The van der Waals surface area contributed by atoms with Crippen molar-refractivity contribution in [3.05, 3.63) is 36.0 Å². The molecule has 0 aliphatic carbocycles. The average Bonchev–Trinajstić information content (AvgIpc) is 3.12. The van der Waals surface area contributed by atoms with Crippen molar-refractivity contribution in [2.75, 3.05) is 6.61 Å². The van der Waals surface area contributed by atoms with E-state index in [1.807, 2.05) is 18.2 Å². The Morgan fingerprint density at radius 1 is 1.00 bits per heavy atom. The molecular formula is C21H24N2O8. The van der Waals surface area contributed by atoms with Crippen molar-refractivity contribution in [3.63, 3.8) is 0 Å². The monoisotopic (exact) mass is 432 g/mol. The summed E-state index contributed by atoms with van der Waals surface area (Å²) >= 11 is 0. The molecule has 1 N–H and O–H groups in total. The van der Waals surface area contributed by atoms with Crippen LogP contribution in [-0.2, 0) is 33.3 Å². The SMILES string of the molecule is CC(=O)O[C@@H]1[C@@H](OC(C)=O)[C@H](n2ccc3cc(C(C)=NO)ccc32)OC[C@@H]1OC(C)=O. The first-order chi connectivity index (χ1) is 14.7. The summed E-state index contributed by atoms with van der Waals surface area (Å²) in [6.07, 6.45) is -2.13. The predicted molar refractivity (Wildman–Crippen MR) is 108 cm³/mol. The molecule has 1 saturated heterocycles. The van der Waals surface area contributed by atoms with Gasteiger partial charge in [0.25, 0.3) is 0 Å². The lowest BCUT2D eigenvalue weighted by molar-refractivity contribution is -0.239. The van der Waals surface area contributed by atoms with Crippen molar-refractivity contribution < 1.29 is 38.5 Å². The van der Waals surface area contributed by atoms with Gasteiger partial charge in [0.1, 0.15) is 0 Å². The van der Waals surface area contributed by atoms with Gasteiger partial charge in [0.2, 0.25) is 0 Å². The van der Waals surface area contributed by atoms with E-state index in [-0.39, 0.29) is 6.61 Å². The Kier molecular flexibility index (Phi) is 6.59. The molecule has 1 fully saturated rings. The zero-order valence-corrected chi connectivity index (χ0v) is 17.6. The van der Waals surface area contributed by atoms with Crippen LogP contribution in [0, 0.1) is 0 Å². The van der Waals surface area contributed by atoms with Gasteiger partial charge in [-0.1, -0.05) is 11.2 Å². The van der Waals surface area contributed by atoms with Crippen LogP contribution >= 0.6 is 0 Å². The van der Waals surface area contributed by atoms with Crippen LogP contribution in [0.1, 0.15) is 39.5 Å². The number of oxime groups is 1. The van der Waals surface area contributed by atoms with Crippen LogP contribution in [0.3, 0.4) is 0 Å². The van der Waals surface area contributed by atoms with Crippen LogP contribution in [0.15, 0.2) is 35.6 Å². The number of hydrogen-bond donors (Lipinski definition) is 1. The van der Waals surface area contributed by atoms with Crippen molar-refractivity contribution >= 4 is 34.5 Å². The summed E-state index contributed by atoms with van der Waals surface area (Å²) < 4.78 is 23.8. The van der Waals surface area contributed by atoms with Crippen molar-refractivity contribution in [2.24, 2.45) is 5.16 Å². The van der Waals surface area contributed by atoms with Crippen LogP contribution in [-0.4, -0.2) is 58.3 Å². The highest BCUT2D eigenvalue weighted by atomic mass is 16.6. The Hall–Kier alpha value is -3.40. The summed E-state index contributed by atoms with van der Waals surface area (Å²) in [6, 6.07) is 7.27. The topological polar surface area (TPSA) is 126 Å². The maximum Gasteiger partial charge on any atom is 0.303 e. The van der Waals surface area contributed by atoms with Gasteiger partial charge in [-0.3, -0.25) is 14.4 Å². The fraction of sp³-hybridized carbons (Fsp3) is 0.429. The van der Waals surface area contributed by atoms with E-state index in [1.54, 1.807) is 23.8 Å². The minimum absolute atomic E-state index is 0.0615. The van der Waals surface area contributed by atoms with Crippen molar-refractivity contribution in [1.82, 2.24) is 4.57 Å². The molecule has 0 bridgehead atoms. The second-order valence-electron chi connectivity index (χ2n) is 7.20. The molecule has 2 aromatic rings. The first kappa shape index (κ1) is 22.3. The Morgan fingerprint density at radius 2 is 1.65 bits per heavy atom. The molecule has 10 heteroatoms. The van der Waals surface area contributed by atoms with Gasteiger partial charge in [0.15, 0.2) is 24.5 Å². The molecule has 0 spiro atoms. The zero-order valence-electron chi connectivity index (χ0n) is 17.6. The third-order valence-electron chi connectivity index (χ3n) is 4.89. The number of rotatable bonds is 5. The van der Waals surface area contributed by atoms with Gasteiger partial charge < -0.3 is 28.7 Å². The van der Waals surface area contributed by atoms with Crippen molar-refractivity contribution in [1.29, 1.82) is 0 Å². The Balaban J connectivity index is 2.03. The van der Waals surface area contributed by atoms with Gasteiger partial charge in [0.05, 0.1) is 17.8 Å². The minimum Gasteiger partial charge on any atom is -0.456 e. The molecule has 0 radical (unpaired) electrons. The Labute approximate surface area is 178 Å². The van der Waals surface area contributed by atoms with Gasteiger partial charge >= 0.3 is 17.9 Å². The average molecular weight is 432 g/mol. The number of benzene rings is 1. The predicted octanol–water partition coefficient (Wildman–Crippen LogP) is 2.16. The minimum atomic E-state index is -1.06. The Bertz CT molecular complexity index is 1030. The van der Waals surface area contributed by atoms with Crippen molar-refractivity contribution in [3.8, 4) is 0 Å². The smallest absolute Gasteiger partial charge is 0.303 e. The fourth-order valence-electron chi connectivity index (χ4n) is 3.63. The molecule has 0 unspecified atom stereocenters. The maximum atomic E-state index is 11.8. The van der Waals surface area contributed by atoms with Crippen LogP contribution < -0.4 is 0 Å². The second kappa shape index (κ2) is 9.17. The van der Waals surface area contributed by atoms with Gasteiger partial charge in [-0.25, -0.2) is 0 Å². The number of ether oxygens (including phenoxy) is 4. The summed E-state index contributed by atoms with van der Waals surface area (Å²) in [6.45, 7) is 5.30. The molecule has 1 aliphatic rings. The quantitative estimate of drug-likeness (QED) is 0.250. The molecule has 31 heavy (non-hydrogen) atoms. The number of carbonyl (C=O) groups is 3. The van der Waals surface area contributed by atoms with E-state index in [0.717, 1.165) is 16.5 Å². The van der Waals surface area contributed by atoms with Gasteiger partial charge in [-0.2, -0.15) is 0 Å². The first-order valence-corrected chi connectivity index (χ1v) is 9.64. The lowest BCUT2D eigenvalue weighted by Gasteiger charge is -2.41. The molecule has 2 heterocycles. The van der Waals surface area contributed by atoms with E-state index in [0.29, 0.717) is 5.71 Å². The molecule has 10 nitrogen and oxygen atoms in total. The van der Waals surface area contributed by atoms with Gasteiger partial charge in [-0.15, -0.1) is 0 Å². The number of esters is 3. The lowest BCUT2D eigenvalue weighted by atomic mass is 10.0. The molecule has 0 amide bonds. The second-order valence-corrected chi connectivity index (χ2v) is 7.20. The number of hydrogen-bond acceptors (Lipinski definition) is 9. The Morgan fingerprint density at radius 3 is 2.26 bits per heavy atom. The summed E-state index contributed by atoms with van der Waals surface area (Å²) in [5.74, 6) is -1.79. The van der Waals surface area contributed by atoms with Crippen LogP contribution in [0.2, 0.25) is 0 Å². The van der Waals surface area contributed by atoms with Crippen molar-refractivity contribution in [2.45, 2.75) is 52.2 Å². The standard InChI is InChI=1S/C21H24N2O8/c1-11(22-27)15-5-6-17-16(9-15)7-8-23(17)21-20(31-14(4)26)19(30-13(3)25)18(10-28-21)29-12(2)24/h5-9,18-21,27H,10H2,1-4H3/t18-,19-,20+,21+/m0/s1. The van der Waals surface area contributed by atoms with E-state index in [2.05, 4.69) is 5.16 Å². The van der Waals surface area contributed by atoms with E-state index in [9.17, 15) is 14.4 Å². The molecule has 4 atom stereocenters. The third-order valence-corrected chi connectivity index (χ3v) is 4.89. The summed E-state index contributed by atoms with van der Waals surface area (Å²) in [5, 5.41) is 13.1. The van der Waals surface area contributed by atoms with Gasteiger partial charge in [0, 0.05) is 32.4 Å². The molecule has 1 aromatic carbocycles. The molecule has 3 rings (SSSR count). The number of fused-ring (bicyclic) bond motifs is 1. The van der Waals surface area contributed by atoms with E-state index >= 15 is 0 Å². The molecule has 0 saturated carbocycles. The van der Waals surface area contributed by atoms with E-state index < -0.39 is 42.4 Å². The summed E-state index contributed by atoms with van der Waals surface area (Å²) in [4.78, 5) is 35.1. The summed E-state index contributed by atoms with van der Waals surface area (Å²) in [7, 11) is 0. The molecule has 1 aliphatic heterocycles. The largest absolute Gasteiger partial charge is 0.456 e. The zero-order chi connectivity index (χ0) is 22.7. The van der Waals surface area contributed by atoms with Gasteiger partial charge in [-0.05, 0) is 30.7 Å². The number of carbonyl (C=O) groups excluding carboxylic acids is 3. The molecule has 166 valence electrons. The summed E-state index contributed by atoms with van der Waals surface area (Å²) in [5.41, 5.74) is 1.95. The third kappa shape index (κ3) is 4.85. The normalized spacial score (nSPS) is 23.9. The molecular weight excluding hydrogens is 408 g/mol. The van der Waals surface area contributed by atoms with Crippen LogP contribution in [0.25, 0.3) is 10.9 Å². The fourth-order valence-corrected chi connectivity index (χ4v) is 3.63. The lowest BCUT2D eigenvalue weighted by Crippen LogP contribution is -2.55. The van der Waals surface area contributed by atoms with Crippen LogP contribution in [0.5, 0.6) is 0 Å². The highest BCUT2D eigenvalue weighted by molar-refractivity contribution is 6.01. The highest BCUT2D eigenvalue weighted by Crippen LogP contribution is 2.33. The number of nitrogens with zero attached hydrogens (tertiary/aromatic N) is 2. The van der Waals surface area contributed by atoms with E-state index in [4.69, 9.17) is 24.2 Å². The maximum absolute atomic E-state index is 11.8. The van der Waals surface area contributed by atoms with Crippen LogP contribution in [0.4, 0.5) is 0 Å².